The molecule has 0 amide bonds. The van der Waals surface area contributed by atoms with Crippen molar-refractivity contribution in [2.45, 2.75) is 6.54 Å². The number of rotatable bonds is 5. The van der Waals surface area contributed by atoms with Crippen molar-refractivity contribution in [3.05, 3.63) is 67.0 Å². The van der Waals surface area contributed by atoms with Crippen molar-refractivity contribution in [1.82, 2.24) is 40.0 Å². The van der Waals surface area contributed by atoms with Crippen molar-refractivity contribution >= 4 is 22.2 Å². The molecule has 0 aliphatic heterocycles. The van der Waals surface area contributed by atoms with Crippen LogP contribution in [0.3, 0.4) is 0 Å². The molecule has 0 atom stereocenters. The molecule has 6 rings (SSSR count). The first-order valence-corrected chi connectivity index (χ1v) is 10.5. The van der Waals surface area contributed by atoms with Crippen LogP contribution in [0.2, 0.25) is 0 Å². The summed E-state index contributed by atoms with van der Waals surface area (Å²) in [5.41, 5.74) is 8.45. The van der Waals surface area contributed by atoms with Crippen LogP contribution in [-0.4, -0.2) is 54.1 Å². The summed E-state index contributed by atoms with van der Waals surface area (Å²) < 4.78 is 5.25. The average Bonchev–Trinajstić information content (AvgIpc) is 3.57. The van der Waals surface area contributed by atoms with Gasteiger partial charge in [0, 0.05) is 41.8 Å². The van der Waals surface area contributed by atoms with Gasteiger partial charge in [-0.2, -0.15) is 5.10 Å². The van der Waals surface area contributed by atoms with Crippen LogP contribution in [0, 0.1) is 0 Å². The first-order chi connectivity index (χ1) is 16.2. The van der Waals surface area contributed by atoms with E-state index in [0.717, 1.165) is 51.0 Å². The van der Waals surface area contributed by atoms with Gasteiger partial charge in [0.05, 0.1) is 29.3 Å². The van der Waals surface area contributed by atoms with E-state index in [1.165, 1.54) is 0 Å². The molecule has 33 heavy (non-hydrogen) atoms. The van der Waals surface area contributed by atoms with E-state index in [0.29, 0.717) is 17.2 Å². The van der Waals surface area contributed by atoms with Gasteiger partial charge in [-0.05, 0) is 50.0 Å². The van der Waals surface area contributed by atoms with Crippen molar-refractivity contribution in [3.63, 3.8) is 0 Å². The van der Waals surface area contributed by atoms with E-state index in [1.807, 2.05) is 50.8 Å². The Kier molecular flexibility index (Phi) is 4.48. The van der Waals surface area contributed by atoms with E-state index in [2.05, 4.69) is 41.1 Å². The number of H-pyrrole nitrogens is 2. The minimum atomic E-state index is 0.601. The van der Waals surface area contributed by atoms with Gasteiger partial charge in [-0.3, -0.25) is 10.1 Å². The molecule has 0 fully saturated rings. The van der Waals surface area contributed by atoms with Crippen LogP contribution < -0.4 is 0 Å². The molecule has 0 radical (unpaired) electrons. The van der Waals surface area contributed by atoms with Gasteiger partial charge in [-0.15, -0.1) is 0 Å². The molecule has 0 aliphatic carbocycles. The van der Waals surface area contributed by atoms with Crippen LogP contribution in [0.15, 0.2) is 65.9 Å². The van der Waals surface area contributed by atoms with Gasteiger partial charge in [0.1, 0.15) is 5.52 Å². The number of pyridine rings is 3. The lowest BCUT2D eigenvalue weighted by Crippen LogP contribution is -2.10. The fraction of sp³-hybridized carbons (Fsp3) is 0.125. The van der Waals surface area contributed by atoms with Crippen molar-refractivity contribution in [2.24, 2.45) is 0 Å². The molecule has 6 aromatic heterocycles. The van der Waals surface area contributed by atoms with Crippen LogP contribution in [-0.2, 0) is 6.54 Å². The maximum atomic E-state index is 5.25. The van der Waals surface area contributed by atoms with Crippen LogP contribution in [0.5, 0.6) is 0 Å². The monoisotopic (exact) mass is 436 g/mol. The number of fused-ring (bicyclic) bond motifs is 2. The lowest BCUT2D eigenvalue weighted by Gasteiger charge is -2.10. The minimum Gasteiger partial charge on any atom is -0.472 e. The molecule has 9 nitrogen and oxygen atoms in total. The molecule has 0 unspecified atom stereocenters. The second kappa shape index (κ2) is 7.64. The largest absolute Gasteiger partial charge is 0.472 e. The molecule has 0 saturated carbocycles. The van der Waals surface area contributed by atoms with E-state index < -0.39 is 0 Å². The summed E-state index contributed by atoms with van der Waals surface area (Å²) in [6.07, 6.45) is 8.79. The summed E-state index contributed by atoms with van der Waals surface area (Å²) in [6, 6.07) is 9.90. The molecule has 0 saturated heterocycles. The number of nitrogens with one attached hydrogen (secondary N) is 2. The normalized spacial score (nSPS) is 11.7. The number of furan rings is 1. The van der Waals surface area contributed by atoms with Gasteiger partial charge in [0.25, 0.3) is 0 Å². The van der Waals surface area contributed by atoms with E-state index in [-0.39, 0.29) is 0 Å². The molecule has 0 aromatic carbocycles. The highest BCUT2D eigenvalue weighted by Gasteiger charge is 2.17. The second-order valence-corrected chi connectivity index (χ2v) is 8.14. The standard InChI is InChI=1S/C24H20N8O/c1-32(2)12-14-9-16(11-25-10-14)18-3-4-19-21(27-18)22(31-30-19)24-28-20-17(15-6-8-33-13-15)5-7-26-23(20)29-24/h3-11,13H,12H2,1-2H3,(H,30,31)(H,26,28,29). The summed E-state index contributed by atoms with van der Waals surface area (Å²) in [7, 11) is 4.07. The van der Waals surface area contributed by atoms with Crippen LogP contribution in [0.25, 0.3) is 56.1 Å². The molecule has 0 bridgehead atoms. The SMILES string of the molecule is CN(C)Cc1cncc(-c2ccc3[nH]nc(-c4nc5nccc(-c6ccoc6)c5[nH]4)c3n2)c1. The fourth-order valence-corrected chi connectivity index (χ4v) is 3.99. The van der Waals surface area contributed by atoms with E-state index in [4.69, 9.17) is 9.40 Å². The van der Waals surface area contributed by atoms with Gasteiger partial charge < -0.3 is 14.3 Å². The van der Waals surface area contributed by atoms with Gasteiger partial charge in [0.15, 0.2) is 17.2 Å². The summed E-state index contributed by atoms with van der Waals surface area (Å²) in [4.78, 5) is 23.9. The van der Waals surface area contributed by atoms with Gasteiger partial charge in [0.2, 0.25) is 0 Å². The summed E-state index contributed by atoms with van der Waals surface area (Å²) >= 11 is 0. The first kappa shape index (κ1) is 19.3. The number of hydrogen-bond donors (Lipinski definition) is 2. The Labute approximate surface area is 188 Å². The van der Waals surface area contributed by atoms with Gasteiger partial charge in [-0.25, -0.2) is 15.0 Å². The zero-order valence-electron chi connectivity index (χ0n) is 18.1. The minimum absolute atomic E-state index is 0.601. The third-order valence-corrected chi connectivity index (χ3v) is 5.45. The highest BCUT2D eigenvalue weighted by molar-refractivity contribution is 5.94. The third kappa shape index (κ3) is 3.44. The lowest BCUT2D eigenvalue weighted by atomic mass is 10.1. The maximum Gasteiger partial charge on any atom is 0.178 e. The van der Waals surface area contributed by atoms with Crippen molar-refractivity contribution in [3.8, 4) is 33.9 Å². The van der Waals surface area contributed by atoms with Crippen molar-refractivity contribution in [1.29, 1.82) is 0 Å². The molecule has 0 spiro atoms. The summed E-state index contributed by atoms with van der Waals surface area (Å²) in [5.74, 6) is 0.601. The molecule has 0 aliphatic rings. The Bertz CT molecular complexity index is 1580. The maximum absolute atomic E-state index is 5.25. The average molecular weight is 436 g/mol. The summed E-state index contributed by atoms with van der Waals surface area (Å²) in [5, 5.41) is 7.55. The predicted octanol–water partition coefficient (Wildman–Crippen LogP) is 4.28. The smallest absolute Gasteiger partial charge is 0.178 e. The number of imidazole rings is 1. The third-order valence-electron chi connectivity index (χ3n) is 5.45. The molecule has 6 heterocycles. The molecular weight excluding hydrogens is 416 g/mol. The number of hydrogen-bond acceptors (Lipinski definition) is 7. The zero-order valence-corrected chi connectivity index (χ0v) is 18.1. The van der Waals surface area contributed by atoms with Crippen molar-refractivity contribution < 1.29 is 4.42 Å². The lowest BCUT2D eigenvalue weighted by molar-refractivity contribution is 0.402. The highest BCUT2D eigenvalue weighted by atomic mass is 16.3. The molecule has 2 N–H and O–H groups in total. The quantitative estimate of drug-likeness (QED) is 0.415. The summed E-state index contributed by atoms with van der Waals surface area (Å²) in [6.45, 7) is 0.811. The van der Waals surface area contributed by atoms with E-state index >= 15 is 0 Å². The topological polar surface area (TPSA) is 112 Å². The number of nitrogens with zero attached hydrogens (tertiary/aromatic N) is 6. The molecule has 6 aromatic rings. The Balaban J connectivity index is 1.45. The number of aromatic amines is 2. The van der Waals surface area contributed by atoms with Gasteiger partial charge >= 0.3 is 0 Å². The Hall–Kier alpha value is -4.37. The first-order valence-electron chi connectivity index (χ1n) is 10.5. The van der Waals surface area contributed by atoms with Crippen molar-refractivity contribution in [2.75, 3.05) is 14.1 Å². The Morgan fingerprint density at radius 1 is 1.03 bits per heavy atom. The molecule has 9 heteroatoms. The Morgan fingerprint density at radius 2 is 1.97 bits per heavy atom. The highest BCUT2D eigenvalue weighted by Crippen LogP contribution is 2.31. The van der Waals surface area contributed by atoms with Gasteiger partial charge in [-0.1, -0.05) is 0 Å². The predicted molar refractivity (Wildman–Crippen MR) is 125 cm³/mol. The zero-order chi connectivity index (χ0) is 22.4. The fourth-order valence-electron chi connectivity index (χ4n) is 3.99. The second-order valence-electron chi connectivity index (χ2n) is 8.14. The van der Waals surface area contributed by atoms with Crippen LogP contribution >= 0.6 is 0 Å². The van der Waals surface area contributed by atoms with E-state index in [1.54, 1.807) is 18.7 Å². The van der Waals surface area contributed by atoms with E-state index in [9.17, 15) is 0 Å². The van der Waals surface area contributed by atoms with Crippen LogP contribution in [0.1, 0.15) is 5.56 Å². The number of aromatic nitrogens is 7. The molecular formula is C24H20N8O. The Morgan fingerprint density at radius 3 is 2.82 bits per heavy atom. The molecule has 162 valence electrons. The van der Waals surface area contributed by atoms with Crippen LogP contribution in [0.4, 0.5) is 0 Å².